The van der Waals surface area contributed by atoms with Crippen molar-refractivity contribution in [2.75, 3.05) is 18.9 Å². The third-order valence-corrected chi connectivity index (χ3v) is 3.21. The molecule has 6 heteroatoms. The number of anilines is 1. The zero-order valence-electron chi connectivity index (χ0n) is 13.0. The molecule has 0 saturated heterocycles. The molecule has 0 aliphatic rings. The predicted octanol–water partition coefficient (Wildman–Crippen LogP) is 2.29. The molecule has 2 aromatic rings. The number of ether oxygens (including phenoxy) is 2. The minimum atomic E-state index is 0.149. The molecule has 0 unspecified atom stereocenters. The number of nitrogens with zero attached hydrogens (tertiary/aromatic N) is 2. The van der Waals surface area contributed by atoms with Crippen molar-refractivity contribution in [1.29, 1.82) is 10.5 Å². The van der Waals surface area contributed by atoms with Gasteiger partial charge in [0.2, 0.25) is 0 Å². The average molecular weight is 309 g/mol. The normalized spacial score (nSPS) is 9.74. The molecule has 1 aromatic carbocycles. The molecule has 23 heavy (non-hydrogen) atoms. The van der Waals surface area contributed by atoms with E-state index in [1.54, 1.807) is 19.1 Å². The number of nitrogens with two attached hydrogens (primary N) is 1. The molecular weight excluding hydrogens is 292 g/mol. The van der Waals surface area contributed by atoms with Crippen molar-refractivity contribution >= 4 is 5.82 Å². The van der Waals surface area contributed by atoms with Crippen molar-refractivity contribution in [3.63, 3.8) is 0 Å². The lowest BCUT2D eigenvalue weighted by molar-refractivity contribution is -0.377. The van der Waals surface area contributed by atoms with Gasteiger partial charge in [0.15, 0.2) is 5.56 Å². The van der Waals surface area contributed by atoms with Crippen molar-refractivity contribution in [3.8, 4) is 34.9 Å². The molecule has 0 fully saturated rings. The Balaban J connectivity index is 2.85. The van der Waals surface area contributed by atoms with Crippen LogP contribution in [0.4, 0.5) is 5.82 Å². The van der Waals surface area contributed by atoms with Gasteiger partial charge in [-0.25, -0.2) is 4.98 Å². The number of rotatable bonds is 5. The first kappa shape index (κ1) is 16.1. The van der Waals surface area contributed by atoms with E-state index < -0.39 is 0 Å². The van der Waals surface area contributed by atoms with Gasteiger partial charge in [-0.2, -0.15) is 10.5 Å². The Kier molecular flexibility index (Phi) is 5.01. The molecule has 0 aliphatic carbocycles. The summed E-state index contributed by atoms with van der Waals surface area (Å²) in [6.45, 7) is 4.50. The predicted molar refractivity (Wildman–Crippen MR) is 84.6 cm³/mol. The van der Waals surface area contributed by atoms with E-state index in [1.165, 1.54) is 0 Å². The topological polar surface area (TPSA) is 106 Å². The number of hydrogen-bond donors (Lipinski definition) is 1. The number of hydrogen-bond acceptors (Lipinski definition) is 5. The summed E-state index contributed by atoms with van der Waals surface area (Å²) in [6.07, 6.45) is 0. The van der Waals surface area contributed by atoms with Crippen LogP contribution in [0.25, 0.3) is 11.1 Å². The van der Waals surface area contributed by atoms with Gasteiger partial charge in [-0.15, -0.1) is 0 Å². The quantitative estimate of drug-likeness (QED) is 0.912. The largest absolute Gasteiger partial charge is 0.493 e. The van der Waals surface area contributed by atoms with Gasteiger partial charge in [-0.1, -0.05) is 18.2 Å². The van der Waals surface area contributed by atoms with E-state index in [2.05, 4.69) is 17.1 Å². The highest BCUT2D eigenvalue weighted by Crippen LogP contribution is 2.38. The number of pyridine rings is 1. The maximum absolute atomic E-state index is 9.58. The van der Waals surface area contributed by atoms with Gasteiger partial charge in [0.25, 0.3) is 5.82 Å². The van der Waals surface area contributed by atoms with Crippen molar-refractivity contribution in [2.24, 2.45) is 0 Å². The molecule has 0 saturated carbocycles. The van der Waals surface area contributed by atoms with E-state index in [-0.39, 0.29) is 22.8 Å². The third kappa shape index (κ3) is 3.02. The smallest absolute Gasteiger partial charge is 0.301 e. The number of para-hydroxylation sites is 1. The first-order chi connectivity index (χ1) is 11.2. The molecule has 1 aromatic heterocycles. The van der Waals surface area contributed by atoms with Crippen LogP contribution in [0.3, 0.4) is 0 Å². The van der Waals surface area contributed by atoms with Crippen LogP contribution >= 0.6 is 0 Å². The van der Waals surface area contributed by atoms with E-state index in [9.17, 15) is 10.5 Å². The summed E-state index contributed by atoms with van der Waals surface area (Å²) in [5, 5.41) is 19.1. The Hall–Kier alpha value is -3.25. The fourth-order valence-electron chi connectivity index (χ4n) is 2.32. The summed E-state index contributed by atoms with van der Waals surface area (Å²) >= 11 is 0. The lowest BCUT2D eigenvalue weighted by Crippen LogP contribution is -2.19. The molecule has 116 valence electrons. The van der Waals surface area contributed by atoms with Crippen molar-refractivity contribution in [1.82, 2.24) is 0 Å². The molecule has 0 bridgehead atoms. The van der Waals surface area contributed by atoms with E-state index in [0.29, 0.717) is 30.1 Å². The van der Waals surface area contributed by atoms with Gasteiger partial charge in [-0.05, 0) is 19.9 Å². The summed E-state index contributed by atoms with van der Waals surface area (Å²) in [4.78, 5) is 2.78. The van der Waals surface area contributed by atoms with Gasteiger partial charge < -0.3 is 9.47 Å². The summed E-state index contributed by atoms with van der Waals surface area (Å²) in [5.41, 5.74) is 7.40. The van der Waals surface area contributed by atoms with E-state index >= 15 is 0 Å². The van der Waals surface area contributed by atoms with Crippen molar-refractivity contribution in [3.05, 3.63) is 35.4 Å². The molecule has 0 radical (unpaired) electrons. The van der Waals surface area contributed by atoms with Crippen LogP contribution in [0.5, 0.6) is 11.6 Å². The number of H-pyrrole nitrogens is 1. The Bertz CT molecular complexity index is 803. The fraction of sp³-hybridized carbons (Fsp3) is 0.235. The third-order valence-electron chi connectivity index (χ3n) is 3.21. The van der Waals surface area contributed by atoms with Gasteiger partial charge >= 0.3 is 5.88 Å². The second-order valence-electron chi connectivity index (χ2n) is 4.58. The Morgan fingerprint density at radius 3 is 2.30 bits per heavy atom. The van der Waals surface area contributed by atoms with Crippen LogP contribution in [-0.2, 0) is 0 Å². The fourth-order valence-corrected chi connectivity index (χ4v) is 2.32. The number of aromatic amines is 1. The number of nitrogens with one attached hydrogen (secondary N) is 1. The second-order valence-corrected chi connectivity index (χ2v) is 4.58. The van der Waals surface area contributed by atoms with Crippen molar-refractivity contribution in [2.45, 2.75) is 13.8 Å². The molecule has 0 amide bonds. The summed E-state index contributed by atoms with van der Waals surface area (Å²) in [7, 11) is 0. The number of nitrogen functional groups attached to an aromatic ring is 1. The Morgan fingerprint density at radius 1 is 1.04 bits per heavy atom. The molecular formula is C17H17N4O2+. The molecule has 2 rings (SSSR count). The minimum Gasteiger partial charge on any atom is -0.493 e. The highest BCUT2D eigenvalue weighted by Gasteiger charge is 2.26. The van der Waals surface area contributed by atoms with Gasteiger partial charge in [0.05, 0.1) is 13.2 Å². The van der Waals surface area contributed by atoms with Crippen LogP contribution in [0.1, 0.15) is 25.0 Å². The monoisotopic (exact) mass is 309 g/mol. The first-order valence-electron chi connectivity index (χ1n) is 7.21. The van der Waals surface area contributed by atoms with Crippen molar-refractivity contribution < 1.29 is 14.5 Å². The lowest BCUT2D eigenvalue weighted by Gasteiger charge is -2.14. The standard InChI is InChI=1S/C17H16N4O2/c1-3-22-14-8-6-5-7-11(14)15-12(9-18)16(20)21-17(23-4-2)13(15)10-19/h5-8H,3-4H2,1-2H3,(H2,20,21)/p+1. The second kappa shape index (κ2) is 7.15. The van der Waals surface area contributed by atoms with Crippen LogP contribution in [0.15, 0.2) is 24.3 Å². The minimum absolute atomic E-state index is 0.149. The number of benzene rings is 1. The molecule has 1 heterocycles. The summed E-state index contributed by atoms with van der Waals surface area (Å²) < 4.78 is 11.1. The lowest BCUT2D eigenvalue weighted by atomic mass is 9.95. The summed E-state index contributed by atoms with van der Waals surface area (Å²) in [5.74, 6) is 0.972. The molecule has 0 aliphatic heterocycles. The zero-order chi connectivity index (χ0) is 16.8. The van der Waals surface area contributed by atoms with E-state index in [4.69, 9.17) is 15.2 Å². The van der Waals surface area contributed by atoms with Gasteiger partial charge in [-0.3, -0.25) is 5.73 Å². The van der Waals surface area contributed by atoms with E-state index in [0.717, 1.165) is 0 Å². The molecule has 3 N–H and O–H groups in total. The average Bonchev–Trinajstić information content (AvgIpc) is 2.55. The first-order valence-corrected chi connectivity index (χ1v) is 7.21. The van der Waals surface area contributed by atoms with Crippen LogP contribution < -0.4 is 20.2 Å². The Labute approximate surface area is 134 Å². The van der Waals surface area contributed by atoms with E-state index in [1.807, 2.05) is 19.1 Å². The molecule has 0 spiro atoms. The van der Waals surface area contributed by atoms with Crippen LogP contribution in [-0.4, -0.2) is 13.2 Å². The number of nitriles is 2. The van der Waals surface area contributed by atoms with Gasteiger partial charge in [0, 0.05) is 11.1 Å². The zero-order valence-corrected chi connectivity index (χ0v) is 13.0. The van der Waals surface area contributed by atoms with Crippen LogP contribution in [0, 0.1) is 22.7 Å². The summed E-state index contributed by atoms with van der Waals surface area (Å²) in [6, 6.07) is 11.4. The highest BCUT2D eigenvalue weighted by atomic mass is 16.5. The SMILES string of the molecule is CCOc1ccccc1-c1c(C#N)c(N)[nH+]c(OCC)c1C#N. The molecule has 6 nitrogen and oxygen atoms in total. The van der Waals surface area contributed by atoms with Gasteiger partial charge in [0.1, 0.15) is 23.5 Å². The number of aromatic nitrogens is 1. The van der Waals surface area contributed by atoms with Crippen LogP contribution in [0.2, 0.25) is 0 Å². The maximum Gasteiger partial charge on any atom is 0.301 e. The maximum atomic E-state index is 9.58. The Morgan fingerprint density at radius 2 is 1.70 bits per heavy atom. The highest BCUT2D eigenvalue weighted by molar-refractivity contribution is 5.84. The molecule has 0 atom stereocenters.